The zero-order valence-corrected chi connectivity index (χ0v) is 18.9. The average molecular weight is 473 g/mol. The van der Waals surface area contributed by atoms with Crippen molar-refractivity contribution in [3.63, 3.8) is 0 Å². The van der Waals surface area contributed by atoms with Crippen molar-refractivity contribution in [2.45, 2.75) is 24.4 Å². The van der Waals surface area contributed by atoms with Crippen LogP contribution >= 0.6 is 23.4 Å². The van der Waals surface area contributed by atoms with E-state index >= 15 is 0 Å². The van der Waals surface area contributed by atoms with Gasteiger partial charge in [0.1, 0.15) is 10.9 Å². The largest absolute Gasteiger partial charge is 0.453 e. The van der Waals surface area contributed by atoms with E-state index in [0.29, 0.717) is 16.4 Å². The van der Waals surface area contributed by atoms with E-state index in [1.54, 1.807) is 30.6 Å². The summed E-state index contributed by atoms with van der Waals surface area (Å²) in [6.45, 7) is 1.89. The van der Waals surface area contributed by atoms with Gasteiger partial charge in [-0.25, -0.2) is 9.78 Å². The molecule has 3 heterocycles. The highest BCUT2D eigenvalue weighted by Crippen LogP contribution is 2.42. The number of nitrogens with zero attached hydrogens (tertiary/aromatic N) is 2. The molecule has 2 amide bonds. The molecule has 3 atom stereocenters. The molecule has 1 aliphatic heterocycles. The van der Waals surface area contributed by atoms with E-state index in [4.69, 9.17) is 22.1 Å². The smallest absolute Gasteiger partial charge is 0.411 e. The molecule has 0 fully saturated rings. The first kappa shape index (κ1) is 22.2. The van der Waals surface area contributed by atoms with Gasteiger partial charge in [0.15, 0.2) is 0 Å². The Bertz CT molecular complexity index is 1210. The van der Waals surface area contributed by atoms with Crippen LogP contribution in [-0.2, 0) is 14.3 Å². The standard InChI is InChI=1S/C22H21ClN4O4S/c1-12(14-5-3-4-6-15(14)23)31-17-10-18(32-20(17)21(24)28)16-11-25-19-9-13(7-8-27(16)19)26-22(29)30-2/h3-12,17,20H,1-2H3,(H2,24,28)(H,26,29)/t12-,17?,20?/m0/s1. The van der Waals surface area contributed by atoms with Gasteiger partial charge in [0.2, 0.25) is 5.91 Å². The van der Waals surface area contributed by atoms with E-state index in [2.05, 4.69) is 15.0 Å². The fourth-order valence-electron chi connectivity index (χ4n) is 3.48. The Morgan fingerprint density at radius 1 is 1.31 bits per heavy atom. The van der Waals surface area contributed by atoms with Crippen molar-refractivity contribution in [3.8, 4) is 0 Å². The lowest BCUT2D eigenvalue weighted by Gasteiger charge is -2.22. The van der Waals surface area contributed by atoms with Crippen LogP contribution in [0, 0.1) is 0 Å². The third kappa shape index (κ3) is 4.45. The molecule has 8 nitrogen and oxygen atoms in total. The fourth-order valence-corrected chi connectivity index (χ4v) is 4.92. The number of thioether (sulfide) groups is 1. The Balaban J connectivity index is 1.60. The number of anilines is 1. The number of fused-ring (bicyclic) bond motifs is 1. The van der Waals surface area contributed by atoms with E-state index in [1.807, 2.05) is 35.6 Å². The summed E-state index contributed by atoms with van der Waals surface area (Å²) < 4.78 is 12.7. The molecule has 2 aromatic heterocycles. The van der Waals surface area contributed by atoms with Gasteiger partial charge in [0.05, 0.1) is 31.2 Å². The van der Waals surface area contributed by atoms with Gasteiger partial charge < -0.3 is 15.2 Å². The first-order chi connectivity index (χ1) is 15.4. The van der Waals surface area contributed by atoms with Crippen molar-refractivity contribution >= 4 is 51.6 Å². The van der Waals surface area contributed by atoms with E-state index in [0.717, 1.165) is 16.2 Å². The highest BCUT2D eigenvalue weighted by atomic mass is 35.5. The summed E-state index contributed by atoms with van der Waals surface area (Å²) in [5.41, 5.74) is 8.47. The summed E-state index contributed by atoms with van der Waals surface area (Å²) in [6, 6.07) is 10.9. The molecule has 0 aliphatic carbocycles. The van der Waals surface area contributed by atoms with Gasteiger partial charge in [-0.1, -0.05) is 29.8 Å². The molecule has 4 rings (SSSR count). The third-order valence-electron chi connectivity index (χ3n) is 5.05. The van der Waals surface area contributed by atoms with Gasteiger partial charge in [-0.2, -0.15) is 0 Å². The summed E-state index contributed by atoms with van der Waals surface area (Å²) in [5.74, 6) is -0.462. The lowest BCUT2D eigenvalue weighted by molar-refractivity contribution is -0.120. The summed E-state index contributed by atoms with van der Waals surface area (Å²) in [6.07, 6.45) is 3.95. The zero-order chi connectivity index (χ0) is 22.8. The predicted octanol–water partition coefficient (Wildman–Crippen LogP) is 4.25. The molecular formula is C22H21ClN4O4S. The Kier molecular flexibility index (Phi) is 6.40. The second kappa shape index (κ2) is 9.23. The quantitative estimate of drug-likeness (QED) is 0.555. The third-order valence-corrected chi connectivity index (χ3v) is 6.75. The van der Waals surface area contributed by atoms with E-state index in [1.165, 1.54) is 18.9 Å². The topological polar surface area (TPSA) is 108 Å². The molecule has 3 aromatic rings. The number of nitrogens with two attached hydrogens (primary N) is 1. The maximum absolute atomic E-state index is 12.1. The van der Waals surface area contributed by atoms with Crippen LogP contribution < -0.4 is 11.1 Å². The zero-order valence-electron chi connectivity index (χ0n) is 17.3. The minimum atomic E-state index is -0.583. The second-order valence-electron chi connectivity index (χ2n) is 7.14. The van der Waals surface area contributed by atoms with Gasteiger partial charge in [0, 0.05) is 27.9 Å². The van der Waals surface area contributed by atoms with Gasteiger partial charge >= 0.3 is 6.09 Å². The number of primary amides is 1. The summed E-state index contributed by atoms with van der Waals surface area (Å²) in [5, 5.41) is 2.62. The van der Waals surface area contributed by atoms with Crippen LogP contribution in [0.2, 0.25) is 5.02 Å². The van der Waals surface area contributed by atoms with Crippen molar-refractivity contribution in [3.05, 3.63) is 71.1 Å². The number of rotatable bonds is 6. The van der Waals surface area contributed by atoms with Crippen LogP contribution in [0.5, 0.6) is 0 Å². The first-order valence-electron chi connectivity index (χ1n) is 9.77. The number of ether oxygens (including phenoxy) is 2. The molecule has 166 valence electrons. The molecule has 1 aliphatic rings. The van der Waals surface area contributed by atoms with Crippen LogP contribution in [0.15, 0.2) is 54.9 Å². The Hall–Kier alpha value is -3.01. The van der Waals surface area contributed by atoms with Gasteiger partial charge in [0.25, 0.3) is 0 Å². The molecule has 10 heteroatoms. The summed E-state index contributed by atoms with van der Waals surface area (Å²) in [7, 11) is 1.30. The molecule has 2 unspecified atom stereocenters. The number of carbonyl (C=O) groups is 2. The maximum atomic E-state index is 12.1. The Morgan fingerprint density at radius 3 is 2.81 bits per heavy atom. The predicted molar refractivity (Wildman–Crippen MR) is 125 cm³/mol. The van der Waals surface area contributed by atoms with Gasteiger partial charge in [-0.3, -0.25) is 14.5 Å². The molecule has 0 saturated heterocycles. The van der Waals surface area contributed by atoms with E-state index in [-0.39, 0.29) is 6.10 Å². The SMILES string of the molecule is COC(=O)Nc1ccn2c(C3=CC(O[C@@H](C)c4ccccc4Cl)C(C(N)=O)S3)cnc2c1. The fraction of sp³-hybridized carbons (Fsp3) is 0.227. The van der Waals surface area contributed by atoms with Crippen molar-refractivity contribution in [2.75, 3.05) is 12.4 Å². The molecule has 3 N–H and O–H groups in total. The van der Waals surface area contributed by atoms with Crippen molar-refractivity contribution in [1.29, 1.82) is 0 Å². The molecule has 0 bridgehead atoms. The summed E-state index contributed by atoms with van der Waals surface area (Å²) >= 11 is 7.63. The van der Waals surface area contributed by atoms with Crippen LogP contribution in [0.1, 0.15) is 24.3 Å². The molecule has 1 aromatic carbocycles. The van der Waals surface area contributed by atoms with Gasteiger partial charge in [-0.15, -0.1) is 11.8 Å². The lowest BCUT2D eigenvalue weighted by atomic mass is 10.1. The molecule has 0 saturated carbocycles. The van der Waals surface area contributed by atoms with E-state index in [9.17, 15) is 9.59 Å². The van der Waals surface area contributed by atoms with Crippen LogP contribution in [-0.4, -0.2) is 39.8 Å². The van der Waals surface area contributed by atoms with Crippen molar-refractivity contribution in [2.24, 2.45) is 5.73 Å². The average Bonchev–Trinajstić information content (AvgIpc) is 3.37. The second-order valence-corrected chi connectivity index (χ2v) is 8.73. The number of carbonyl (C=O) groups excluding carboxylic acids is 2. The summed E-state index contributed by atoms with van der Waals surface area (Å²) in [4.78, 5) is 28.8. The number of amides is 2. The normalized spacial score (nSPS) is 18.9. The lowest BCUT2D eigenvalue weighted by Crippen LogP contribution is -2.35. The molecule has 0 radical (unpaired) electrons. The van der Waals surface area contributed by atoms with Crippen molar-refractivity contribution < 1.29 is 19.1 Å². The molecule has 0 spiro atoms. The van der Waals surface area contributed by atoms with E-state index < -0.39 is 23.4 Å². The number of methoxy groups -OCH3 is 1. The van der Waals surface area contributed by atoms with Crippen LogP contribution in [0.25, 0.3) is 10.6 Å². The molecule has 32 heavy (non-hydrogen) atoms. The Labute approximate surface area is 193 Å². The highest BCUT2D eigenvalue weighted by Gasteiger charge is 2.36. The number of hydrogen-bond acceptors (Lipinski definition) is 6. The molecular weight excluding hydrogens is 452 g/mol. The number of nitrogens with one attached hydrogen (secondary N) is 1. The minimum absolute atomic E-state index is 0.333. The Morgan fingerprint density at radius 2 is 2.09 bits per heavy atom. The number of hydrogen-bond donors (Lipinski definition) is 2. The number of pyridine rings is 1. The minimum Gasteiger partial charge on any atom is -0.453 e. The number of halogens is 1. The van der Waals surface area contributed by atoms with Gasteiger partial charge in [-0.05, 0) is 30.7 Å². The monoisotopic (exact) mass is 472 g/mol. The van der Waals surface area contributed by atoms with Crippen LogP contribution in [0.4, 0.5) is 10.5 Å². The first-order valence-corrected chi connectivity index (χ1v) is 11.0. The number of benzene rings is 1. The maximum Gasteiger partial charge on any atom is 0.411 e. The number of imidazole rings is 1. The number of aromatic nitrogens is 2. The van der Waals surface area contributed by atoms with Crippen LogP contribution in [0.3, 0.4) is 0 Å². The van der Waals surface area contributed by atoms with Crippen molar-refractivity contribution in [1.82, 2.24) is 9.38 Å². The highest BCUT2D eigenvalue weighted by molar-refractivity contribution is 8.09.